The molecule has 1 aliphatic heterocycles. The van der Waals surface area contributed by atoms with E-state index in [-0.39, 0.29) is 36.7 Å². The monoisotopic (exact) mass is 476 g/mol. The van der Waals surface area contributed by atoms with Crippen molar-refractivity contribution in [2.75, 3.05) is 26.2 Å². The molecule has 1 aromatic rings. The fourth-order valence-corrected chi connectivity index (χ4v) is 2.58. The Morgan fingerprint density at radius 1 is 1.15 bits per heavy atom. The number of nitrogens with zero attached hydrogens (tertiary/aromatic N) is 3. The van der Waals surface area contributed by atoms with Gasteiger partial charge in [-0.1, -0.05) is 24.3 Å². The Morgan fingerprint density at radius 2 is 1.69 bits per heavy atom. The third-order valence-corrected chi connectivity index (χ3v) is 3.96. The predicted molar refractivity (Wildman–Crippen MR) is 112 cm³/mol. The average Bonchev–Trinajstić information content (AvgIpc) is 2.58. The van der Waals surface area contributed by atoms with Crippen LogP contribution >= 0.6 is 24.0 Å². The van der Waals surface area contributed by atoms with Crippen LogP contribution in [0.4, 0.5) is 4.79 Å². The number of amides is 1. The van der Waals surface area contributed by atoms with Gasteiger partial charge in [-0.2, -0.15) is 0 Å². The molecule has 0 unspecified atom stereocenters. The van der Waals surface area contributed by atoms with Gasteiger partial charge in [0.05, 0.1) is 13.2 Å². The van der Waals surface area contributed by atoms with E-state index < -0.39 is 5.60 Å². The smallest absolute Gasteiger partial charge is 0.410 e. The van der Waals surface area contributed by atoms with Crippen LogP contribution in [-0.2, 0) is 17.9 Å². The van der Waals surface area contributed by atoms with Gasteiger partial charge in [-0.15, -0.1) is 24.0 Å². The first-order chi connectivity index (χ1) is 11.8. The Balaban J connectivity index is 0.00000338. The van der Waals surface area contributed by atoms with Crippen molar-refractivity contribution in [3.05, 3.63) is 35.4 Å². The Morgan fingerprint density at radius 3 is 2.23 bits per heavy atom. The fraction of sp³-hybridized carbons (Fsp3) is 0.556. The van der Waals surface area contributed by atoms with Crippen LogP contribution in [0.5, 0.6) is 0 Å². The van der Waals surface area contributed by atoms with E-state index in [0.29, 0.717) is 38.7 Å². The standard InChI is InChI=1S/C18H28N4O3.HI/c1-18(2,3)25-17(24)22-10-8-21(9-11-22)16(19)20-12-14-6-4-5-7-15(14)13-23;/h4-7,23H,8-13H2,1-3H3,(H2,19,20);1H. The minimum absolute atomic E-state index is 0. The maximum atomic E-state index is 12.1. The van der Waals surface area contributed by atoms with Gasteiger partial charge in [-0.05, 0) is 31.9 Å². The first-order valence-corrected chi connectivity index (χ1v) is 8.50. The molecule has 0 aromatic heterocycles. The number of carbonyl (C=O) groups excluding carboxylic acids is 1. The number of aliphatic imine (C=N–C) groups is 1. The Hall–Kier alpha value is -1.55. The van der Waals surface area contributed by atoms with Gasteiger partial charge in [0.1, 0.15) is 5.60 Å². The minimum Gasteiger partial charge on any atom is -0.444 e. The predicted octanol–water partition coefficient (Wildman–Crippen LogP) is 2.16. The van der Waals surface area contributed by atoms with Crippen LogP contribution in [0.2, 0.25) is 0 Å². The summed E-state index contributed by atoms with van der Waals surface area (Å²) in [5.41, 5.74) is 7.41. The van der Waals surface area contributed by atoms with Crippen molar-refractivity contribution in [1.82, 2.24) is 9.80 Å². The van der Waals surface area contributed by atoms with Crippen molar-refractivity contribution >= 4 is 36.0 Å². The van der Waals surface area contributed by atoms with Gasteiger partial charge in [-0.25, -0.2) is 9.79 Å². The lowest BCUT2D eigenvalue weighted by Crippen LogP contribution is -2.53. The van der Waals surface area contributed by atoms with Gasteiger partial charge in [0.25, 0.3) is 0 Å². The highest BCUT2D eigenvalue weighted by atomic mass is 127. The van der Waals surface area contributed by atoms with E-state index in [9.17, 15) is 9.90 Å². The largest absolute Gasteiger partial charge is 0.444 e. The number of aliphatic hydroxyl groups excluding tert-OH is 1. The molecule has 0 saturated carbocycles. The highest BCUT2D eigenvalue weighted by molar-refractivity contribution is 14.0. The van der Waals surface area contributed by atoms with Gasteiger partial charge in [0.15, 0.2) is 5.96 Å². The van der Waals surface area contributed by atoms with Crippen molar-refractivity contribution in [1.29, 1.82) is 0 Å². The number of hydrogen-bond acceptors (Lipinski definition) is 4. The first kappa shape index (κ1) is 22.5. The molecule has 0 atom stereocenters. The molecular weight excluding hydrogens is 447 g/mol. The maximum absolute atomic E-state index is 12.1. The molecule has 1 heterocycles. The highest BCUT2D eigenvalue weighted by Crippen LogP contribution is 2.13. The third-order valence-electron chi connectivity index (χ3n) is 3.96. The zero-order valence-electron chi connectivity index (χ0n) is 15.6. The van der Waals surface area contributed by atoms with Gasteiger partial charge >= 0.3 is 6.09 Å². The van der Waals surface area contributed by atoms with E-state index in [1.54, 1.807) is 4.90 Å². The molecule has 1 saturated heterocycles. The fourth-order valence-electron chi connectivity index (χ4n) is 2.58. The molecule has 0 aliphatic carbocycles. The molecule has 0 radical (unpaired) electrons. The molecule has 1 aliphatic rings. The van der Waals surface area contributed by atoms with Crippen LogP contribution in [0.3, 0.4) is 0 Å². The van der Waals surface area contributed by atoms with E-state index >= 15 is 0 Å². The lowest BCUT2D eigenvalue weighted by molar-refractivity contribution is 0.0186. The Bertz CT molecular complexity index is 623. The Labute approximate surface area is 172 Å². The van der Waals surface area contributed by atoms with Gasteiger partial charge in [0, 0.05) is 26.2 Å². The number of hydrogen-bond donors (Lipinski definition) is 2. The molecule has 26 heavy (non-hydrogen) atoms. The summed E-state index contributed by atoms with van der Waals surface area (Å²) in [7, 11) is 0. The summed E-state index contributed by atoms with van der Waals surface area (Å²) in [5, 5.41) is 9.35. The van der Waals surface area contributed by atoms with Crippen LogP contribution in [0.1, 0.15) is 31.9 Å². The van der Waals surface area contributed by atoms with Crippen molar-refractivity contribution in [3.63, 3.8) is 0 Å². The van der Waals surface area contributed by atoms with E-state index in [0.717, 1.165) is 11.1 Å². The second-order valence-electron chi connectivity index (χ2n) is 7.06. The minimum atomic E-state index is -0.491. The zero-order chi connectivity index (χ0) is 18.4. The second kappa shape index (κ2) is 9.96. The van der Waals surface area contributed by atoms with E-state index in [4.69, 9.17) is 10.5 Å². The normalized spacial score (nSPS) is 15.5. The summed E-state index contributed by atoms with van der Waals surface area (Å²) in [5.74, 6) is 0.455. The lowest BCUT2D eigenvalue weighted by atomic mass is 10.1. The molecule has 8 heteroatoms. The number of carbonyl (C=O) groups is 1. The van der Waals surface area contributed by atoms with Crippen LogP contribution in [0.15, 0.2) is 29.3 Å². The summed E-state index contributed by atoms with van der Waals surface area (Å²) in [4.78, 5) is 20.2. The number of guanidine groups is 1. The first-order valence-electron chi connectivity index (χ1n) is 8.50. The van der Waals surface area contributed by atoms with Crippen molar-refractivity contribution in [2.24, 2.45) is 10.7 Å². The summed E-state index contributed by atoms with van der Waals surface area (Å²) in [6.45, 7) is 8.33. The van der Waals surface area contributed by atoms with Crippen LogP contribution in [-0.4, -0.2) is 58.7 Å². The van der Waals surface area contributed by atoms with Crippen LogP contribution < -0.4 is 5.73 Å². The number of rotatable bonds is 3. The molecule has 1 aromatic carbocycles. The van der Waals surface area contributed by atoms with E-state index in [2.05, 4.69) is 4.99 Å². The molecule has 0 bridgehead atoms. The van der Waals surface area contributed by atoms with Crippen molar-refractivity contribution < 1.29 is 14.6 Å². The molecular formula is C18H29IN4O3. The second-order valence-corrected chi connectivity index (χ2v) is 7.06. The number of nitrogens with two attached hydrogens (primary N) is 1. The quantitative estimate of drug-likeness (QED) is 0.397. The van der Waals surface area contributed by atoms with Crippen LogP contribution in [0, 0.1) is 0 Å². The molecule has 1 fully saturated rings. The summed E-state index contributed by atoms with van der Waals surface area (Å²) >= 11 is 0. The molecule has 1 amide bonds. The van der Waals surface area contributed by atoms with Gasteiger partial charge in [0.2, 0.25) is 0 Å². The van der Waals surface area contributed by atoms with Crippen LogP contribution in [0.25, 0.3) is 0 Å². The number of piperazine rings is 1. The lowest BCUT2D eigenvalue weighted by Gasteiger charge is -2.36. The SMILES string of the molecule is CC(C)(C)OC(=O)N1CCN(C(N)=NCc2ccccc2CO)CC1.I. The number of benzene rings is 1. The van der Waals surface area contributed by atoms with Crippen molar-refractivity contribution in [3.8, 4) is 0 Å². The summed E-state index contributed by atoms with van der Waals surface area (Å²) < 4.78 is 5.39. The molecule has 146 valence electrons. The molecule has 3 N–H and O–H groups in total. The summed E-state index contributed by atoms with van der Waals surface area (Å²) in [6.07, 6.45) is -0.292. The maximum Gasteiger partial charge on any atom is 0.410 e. The Kier molecular flexibility index (Phi) is 8.61. The van der Waals surface area contributed by atoms with Gasteiger partial charge < -0.3 is 25.4 Å². The number of ether oxygens (including phenoxy) is 1. The summed E-state index contributed by atoms with van der Waals surface area (Å²) in [6, 6.07) is 7.61. The molecule has 0 spiro atoms. The zero-order valence-corrected chi connectivity index (χ0v) is 18.0. The number of halogens is 1. The number of aliphatic hydroxyl groups is 1. The topological polar surface area (TPSA) is 91.4 Å². The average molecular weight is 476 g/mol. The third kappa shape index (κ3) is 6.64. The highest BCUT2D eigenvalue weighted by Gasteiger charge is 2.26. The molecule has 2 rings (SSSR count). The van der Waals surface area contributed by atoms with E-state index in [1.807, 2.05) is 49.9 Å². The van der Waals surface area contributed by atoms with Crippen molar-refractivity contribution in [2.45, 2.75) is 39.5 Å². The van der Waals surface area contributed by atoms with E-state index in [1.165, 1.54) is 0 Å². The van der Waals surface area contributed by atoms with Gasteiger partial charge in [-0.3, -0.25) is 0 Å². The molecule has 7 nitrogen and oxygen atoms in total.